The van der Waals surface area contributed by atoms with Crippen molar-refractivity contribution in [1.29, 1.82) is 0 Å². The molecule has 0 aliphatic carbocycles. The summed E-state index contributed by atoms with van der Waals surface area (Å²) < 4.78 is 0. The molecule has 8 nitrogen and oxygen atoms in total. The van der Waals surface area contributed by atoms with E-state index in [1.165, 1.54) is 13.3 Å². The summed E-state index contributed by atoms with van der Waals surface area (Å²) in [5.41, 5.74) is 6.25. The van der Waals surface area contributed by atoms with E-state index in [4.69, 9.17) is 5.73 Å². The Morgan fingerprint density at radius 2 is 2.26 bits per heavy atom. The number of carbonyl (C=O) groups is 1. The number of aromatic amines is 1. The first-order chi connectivity index (χ1) is 9.00. The van der Waals surface area contributed by atoms with Crippen molar-refractivity contribution in [2.45, 2.75) is 19.1 Å². The zero-order valence-corrected chi connectivity index (χ0v) is 10.9. The molecule has 0 aromatic carbocycles. The maximum absolute atomic E-state index is 10.8. The first-order valence-corrected chi connectivity index (χ1v) is 6.43. The number of nitrogen functional groups attached to an aromatic ring is 1. The molecule has 0 spiro atoms. The van der Waals surface area contributed by atoms with Crippen molar-refractivity contribution in [3.05, 3.63) is 12.0 Å². The van der Waals surface area contributed by atoms with Crippen LogP contribution < -0.4 is 5.73 Å². The Balaban J connectivity index is 2.26. The molecule has 0 fully saturated rings. The molecule has 2 unspecified atom stereocenters. The van der Waals surface area contributed by atoms with Gasteiger partial charge in [0.2, 0.25) is 0 Å². The Kier molecular flexibility index (Phi) is 3.98. The molecule has 0 amide bonds. The maximum Gasteiger partial charge on any atom is 0.186 e. The molecule has 19 heavy (non-hydrogen) atoms. The quantitative estimate of drug-likeness (QED) is 0.595. The number of H-pyrrole nitrogens is 1. The van der Waals surface area contributed by atoms with Gasteiger partial charge in [-0.05, 0) is 0 Å². The lowest BCUT2D eigenvalue weighted by Crippen LogP contribution is -2.22. The highest BCUT2D eigenvalue weighted by molar-refractivity contribution is 8.13. The van der Waals surface area contributed by atoms with Crippen molar-refractivity contribution >= 4 is 33.7 Å². The highest BCUT2D eigenvalue weighted by Crippen LogP contribution is 2.27. The minimum absolute atomic E-state index is 0.0740. The Bertz CT molecular complexity index is 602. The van der Waals surface area contributed by atoms with E-state index in [-0.39, 0.29) is 22.4 Å². The summed E-state index contributed by atoms with van der Waals surface area (Å²) in [5, 5.41) is 26.6. The Morgan fingerprint density at radius 1 is 1.53 bits per heavy atom. The summed E-state index contributed by atoms with van der Waals surface area (Å²) in [5.74, 6) is 0.240. The normalized spacial score (nSPS) is 14.5. The fourth-order valence-electron chi connectivity index (χ4n) is 1.60. The molecule has 2 rings (SSSR count). The molecule has 5 N–H and O–H groups in total. The third kappa shape index (κ3) is 2.83. The second-order valence-corrected chi connectivity index (χ2v) is 5.11. The average Bonchev–Trinajstić information content (AvgIpc) is 2.80. The molecule has 0 saturated carbocycles. The van der Waals surface area contributed by atoms with Gasteiger partial charge in [-0.25, -0.2) is 9.97 Å². The third-order valence-corrected chi connectivity index (χ3v) is 3.44. The van der Waals surface area contributed by atoms with E-state index in [1.54, 1.807) is 0 Å². The largest absolute Gasteiger partial charge is 0.389 e. The number of aliphatic hydroxyl groups is 2. The van der Waals surface area contributed by atoms with Crippen LogP contribution >= 0.6 is 11.8 Å². The van der Waals surface area contributed by atoms with Gasteiger partial charge in [0, 0.05) is 12.7 Å². The van der Waals surface area contributed by atoms with Crippen LogP contribution in [0.1, 0.15) is 18.7 Å². The van der Waals surface area contributed by atoms with E-state index in [9.17, 15) is 15.0 Å². The van der Waals surface area contributed by atoms with Crippen molar-refractivity contribution in [2.24, 2.45) is 0 Å². The van der Waals surface area contributed by atoms with Crippen LogP contribution in [0.15, 0.2) is 6.33 Å². The number of aromatic nitrogens is 4. The van der Waals surface area contributed by atoms with Gasteiger partial charge in [0.25, 0.3) is 0 Å². The number of nitrogens with two attached hydrogens (primary N) is 1. The number of hydrogen-bond donors (Lipinski definition) is 4. The first kappa shape index (κ1) is 13.7. The Morgan fingerprint density at radius 3 is 2.95 bits per heavy atom. The lowest BCUT2D eigenvalue weighted by Gasteiger charge is -2.15. The number of nitrogens with zero attached hydrogens (tertiary/aromatic N) is 3. The van der Waals surface area contributed by atoms with Crippen LogP contribution in [0.5, 0.6) is 0 Å². The van der Waals surface area contributed by atoms with Gasteiger partial charge < -0.3 is 15.9 Å². The highest BCUT2D eigenvalue weighted by atomic mass is 32.2. The number of carbonyl (C=O) groups excluding carboxylic acids is 1. The number of thioether (sulfide) groups is 1. The van der Waals surface area contributed by atoms with E-state index in [0.29, 0.717) is 11.0 Å². The summed E-state index contributed by atoms with van der Waals surface area (Å²) in [4.78, 5) is 18.5. The van der Waals surface area contributed by atoms with Crippen LogP contribution in [-0.4, -0.2) is 47.4 Å². The lowest BCUT2D eigenvalue weighted by molar-refractivity contribution is -0.109. The Hall–Kier alpha value is -1.71. The first-order valence-electron chi connectivity index (χ1n) is 5.44. The fraction of sp³-hybridized carbons (Fsp3) is 0.400. The highest BCUT2D eigenvalue weighted by Gasteiger charge is 2.24. The van der Waals surface area contributed by atoms with Gasteiger partial charge in [0.05, 0.1) is 17.2 Å². The molecule has 0 saturated heterocycles. The number of anilines is 1. The SMILES string of the molecule is CC(=O)SCC(O)C(O)c1[nH]nc2ncnc(N)c12. The van der Waals surface area contributed by atoms with Crippen molar-refractivity contribution in [3.8, 4) is 0 Å². The number of hydrogen-bond acceptors (Lipinski definition) is 8. The van der Waals surface area contributed by atoms with Crippen molar-refractivity contribution in [1.82, 2.24) is 20.2 Å². The van der Waals surface area contributed by atoms with Gasteiger partial charge in [0.1, 0.15) is 18.2 Å². The minimum atomic E-state index is -1.25. The molecule has 2 heterocycles. The van der Waals surface area contributed by atoms with Crippen LogP contribution in [0.3, 0.4) is 0 Å². The van der Waals surface area contributed by atoms with Crippen molar-refractivity contribution < 1.29 is 15.0 Å². The molecule has 0 aliphatic rings. The van der Waals surface area contributed by atoms with E-state index in [1.807, 2.05) is 0 Å². The molecule has 0 radical (unpaired) electrons. The summed E-state index contributed by atoms with van der Waals surface area (Å²) in [6.45, 7) is 1.39. The zero-order valence-electron chi connectivity index (χ0n) is 10.1. The Labute approximate surface area is 112 Å². The molecular weight excluding hydrogens is 270 g/mol. The second-order valence-electron chi connectivity index (χ2n) is 3.91. The monoisotopic (exact) mass is 283 g/mol. The lowest BCUT2D eigenvalue weighted by atomic mass is 10.1. The molecule has 0 bridgehead atoms. The van der Waals surface area contributed by atoms with Crippen molar-refractivity contribution in [3.63, 3.8) is 0 Å². The van der Waals surface area contributed by atoms with Crippen LogP contribution in [0.4, 0.5) is 5.82 Å². The number of nitrogens with one attached hydrogen (secondary N) is 1. The van der Waals surface area contributed by atoms with Crippen LogP contribution in [0.2, 0.25) is 0 Å². The van der Waals surface area contributed by atoms with Crippen LogP contribution in [-0.2, 0) is 4.79 Å². The standard InChI is InChI=1S/C10H13N5O3S/c1-4(16)19-2-5(17)8(18)7-6-9(11)12-3-13-10(6)15-14-7/h3,5,8,17-18H,2H2,1H3,(H3,11,12,13,14,15). The summed E-state index contributed by atoms with van der Waals surface area (Å²) in [6, 6.07) is 0. The summed E-state index contributed by atoms with van der Waals surface area (Å²) in [7, 11) is 0. The van der Waals surface area contributed by atoms with Gasteiger partial charge >= 0.3 is 0 Å². The molecular formula is C10H13N5O3S. The van der Waals surface area contributed by atoms with E-state index in [0.717, 1.165) is 11.8 Å². The number of rotatable bonds is 4. The predicted octanol–water partition coefficient (Wildman–Crippen LogP) is -0.391. The fourth-order valence-corrected chi connectivity index (χ4v) is 2.19. The average molecular weight is 283 g/mol. The topological polar surface area (TPSA) is 138 Å². The van der Waals surface area contributed by atoms with E-state index >= 15 is 0 Å². The smallest absolute Gasteiger partial charge is 0.186 e. The molecule has 2 atom stereocenters. The van der Waals surface area contributed by atoms with Crippen LogP contribution in [0, 0.1) is 0 Å². The molecule has 2 aromatic heterocycles. The zero-order chi connectivity index (χ0) is 14.0. The number of fused-ring (bicyclic) bond motifs is 1. The maximum atomic E-state index is 10.8. The summed E-state index contributed by atoms with van der Waals surface area (Å²) >= 11 is 0.929. The minimum Gasteiger partial charge on any atom is -0.389 e. The van der Waals surface area contributed by atoms with Crippen LogP contribution in [0.25, 0.3) is 11.0 Å². The van der Waals surface area contributed by atoms with E-state index in [2.05, 4.69) is 20.2 Å². The van der Waals surface area contributed by atoms with Crippen molar-refractivity contribution in [2.75, 3.05) is 11.5 Å². The molecule has 2 aromatic rings. The van der Waals surface area contributed by atoms with Gasteiger partial charge in [-0.3, -0.25) is 9.89 Å². The predicted molar refractivity (Wildman–Crippen MR) is 70.2 cm³/mol. The van der Waals surface area contributed by atoms with Gasteiger partial charge in [-0.2, -0.15) is 5.10 Å². The van der Waals surface area contributed by atoms with E-state index < -0.39 is 12.2 Å². The summed E-state index contributed by atoms with van der Waals surface area (Å²) in [6.07, 6.45) is -1.11. The van der Waals surface area contributed by atoms with Gasteiger partial charge in [-0.1, -0.05) is 11.8 Å². The van der Waals surface area contributed by atoms with Gasteiger partial charge in [0.15, 0.2) is 10.8 Å². The molecule has 9 heteroatoms. The number of aliphatic hydroxyl groups excluding tert-OH is 2. The third-order valence-electron chi connectivity index (χ3n) is 2.53. The molecule has 0 aliphatic heterocycles. The van der Waals surface area contributed by atoms with Gasteiger partial charge in [-0.15, -0.1) is 0 Å². The molecule has 102 valence electrons. The second kappa shape index (κ2) is 5.51.